The first kappa shape index (κ1) is 31.2. The number of nitrogens with zero attached hydrogens (tertiary/aromatic N) is 1. The third-order valence-electron chi connectivity index (χ3n) is 7.19. The number of amides is 3. The first-order valence-electron chi connectivity index (χ1n) is 14.3. The van der Waals surface area contributed by atoms with Gasteiger partial charge >= 0.3 is 0 Å². The second kappa shape index (κ2) is 14.9. The molecule has 0 spiro atoms. The van der Waals surface area contributed by atoms with Gasteiger partial charge in [-0.25, -0.2) is 8.78 Å². The Morgan fingerprint density at radius 2 is 1.62 bits per heavy atom. The minimum Gasteiger partial charge on any atom is -0.356 e. The van der Waals surface area contributed by atoms with E-state index in [2.05, 4.69) is 10.6 Å². The van der Waals surface area contributed by atoms with Gasteiger partial charge in [-0.3, -0.25) is 14.4 Å². The highest BCUT2D eigenvalue weighted by molar-refractivity contribution is 5.99. The molecule has 1 saturated carbocycles. The van der Waals surface area contributed by atoms with Crippen LogP contribution in [-0.2, 0) is 11.2 Å². The van der Waals surface area contributed by atoms with Crippen LogP contribution in [-0.4, -0.2) is 54.3 Å². The van der Waals surface area contributed by atoms with Crippen molar-refractivity contribution >= 4 is 17.7 Å². The summed E-state index contributed by atoms with van der Waals surface area (Å²) in [6.07, 6.45) is 4.22. The smallest absolute Gasteiger partial charge is 0.253 e. The summed E-state index contributed by atoms with van der Waals surface area (Å²) >= 11 is 0. The zero-order valence-corrected chi connectivity index (χ0v) is 23.7. The van der Waals surface area contributed by atoms with E-state index in [0.717, 1.165) is 31.7 Å². The standard InChI is InChI=1S/C31H42F2N4O3/c1-4-11-37(12-5-2)31(40)24-8-6-7-23(17-24)30(39)36-28(16-22-14-25(32)18-26(33)15-22)27(34)13-20(3)29(38)35-19-21-9-10-21/h6-8,14-15,17-18,20-21,27-28H,4-5,9-13,16,19,34H2,1-3H3,(H,35,38)(H,36,39)/t20-,27+,28+/m1/s1. The lowest BCUT2D eigenvalue weighted by molar-refractivity contribution is -0.124. The van der Waals surface area contributed by atoms with Gasteiger partial charge in [0.15, 0.2) is 0 Å². The van der Waals surface area contributed by atoms with E-state index >= 15 is 0 Å². The largest absolute Gasteiger partial charge is 0.356 e. The van der Waals surface area contributed by atoms with Crippen molar-refractivity contribution in [2.75, 3.05) is 19.6 Å². The number of carbonyl (C=O) groups is 3. The molecule has 0 aliphatic heterocycles. The number of benzene rings is 2. The van der Waals surface area contributed by atoms with Crippen molar-refractivity contribution in [3.8, 4) is 0 Å². The molecule has 3 rings (SSSR count). The average Bonchev–Trinajstić information content (AvgIpc) is 3.75. The van der Waals surface area contributed by atoms with Gasteiger partial charge in [-0.2, -0.15) is 0 Å². The SMILES string of the molecule is CCCN(CCC)C(=O)c1cccc(C(=O)N[C@@H](Cc2cc(F)cc(F)c2)[C@@H](N)C[C@@H](C)C(=O)NCC2CC2)c1. The first-order chi connectivity index (χ1) is 19.1. The van der Waals surface area contributed by atoms with E-state index < -0.39 is 35.5 Å². The van der Waals surface area contributed by atoms with Crippen molar-refractivity contribution in [3.05, 3.63) is 70.8 Å². The van der Waals surface area contributed by atoms with Crippen molar-refractivity contribution in [3.63, 3.8) is 0 Å². The van der Waals surface area contributed by atoms with Crippen molar-refractivity contribution in [1.29, 1.82) is 0 Å². The second-order valence-corrected chi connectivity index (χ2v) is 10.9. The van der Waals surface area contributed by atoms with E-state index in [1.165, 1.54) is 12.1 Å². The molecule has 1 fully saturated rings. The Morgan fingerprint density at radius 3 is 2.23 bits per heavy atom. The quantitative estimate of drug-likeness (QED) is 0.302. The van der Waals surface area contributed by atoms with Crippen molar-refractivity contribution in [2.24, 2.45) is 17.6 Å². The lowest BCUT2D eigenvalue weighted by atomic mass is 9.91. The van der Waals surface area contributed by atoms with E-state index in [1.54, 1.807) is 36.1 Å². The number of nitrogens with one attached hydrogen (secondary N) is 2. The third-order valence-corrected chi connectivity index (χ3v) is 7.19. The van der Waals surface area contributed by atoms with E-state index in [4.69, 9.17) is 5.73 Å². The van der Waals surface area contributed by atoms with Gasteiger partial charge in [0.2, 0.25) is 5.91 Å². The highest BCUT2D eigenvalue weighted by atomic mass is 19.1. The third kappa shape index (κ3) is 9.40. The highest BCUT2D eigenvalue weighted by Gasteiger charge is 2.28. The fourth-order valence-electron chi connectivity index (χ4n) is 4.80. The molecule has 1 aliphatic rings. The molecule has 0 saturated heterocycles. The van der Waals surface area contributed by atoms with Gasteiger partial charge < -0.3 is 21.3 Å². The molecule has 218 valence electrons. The van der Waals surface area contributed by atoms with E-state index in [-0.39, 0.29) is 30.2 Å². The molecule has 2 aromatic rings. The summed E-state index contributed by atoms with van der Waals surface area (Å²) in [5, 5.41) is 5.85. The molecule has 0 heterocycles. The van der Waals surface area contributed by atoms with Crippen LogP contribution in [0.4, 0.5) is 8.78 Å². The van der Waals surface area contributed by atoms with Crippen LogP contribution in [0.25, 0.3) is 0 Å². The number of rotatable bonds is 15. The molecule has 0 bridgehead atoms. The molecule has 3 amide bonds. The van der Waals surface area contributed by atoms with Crippen LogP contribution in [0.1, 0.15) is 79.2 Å². The van der Waals surface area contributed by atoms with Crippen LogP contribution >= 0.6 is 0 Å². The monoisotopic (exact) mass is 556 g/mol. The fourth-order valence-corrected chi connectivity index (χ4v) is 4.80. The maximum atomic E-state index is 13.9. The Bertz CT molecular complexity index is 1140. The zero-order chi connectivity index (χ0) is 29.2. The van der Waals surface area contributed by atoms with Crippen molar-refractivity contribution in [1.82, 2.24) is 15.5 Å². The molecular formula is C31H42F2N4O3. The number of hydrogen-bond acceptors (Lipinski definition) is 4. The summed E-state index contributed by atoms with van der Waals surface area (Å²) in [7, 11) is 0. The van der Waals surface area contributed by atoms with Crippen LogP contribution in [0.3, 0.4) is 0 Å². The van der Waals surface area contributed by atoms with Crippen LogP contribution in [0.5, 0.6) is 0 Å². The van der Waals surface area contributed by atoms with Gasteiger partial charge in [-0.1, -0.05) is 26.8 Å². The number of carbonyl (C=O) groups excluding carboxylic acids is 3. The predicted octanol–water partition coefficient (Wildman–Crippen LogP) is 4.45. The molecule has 0 aromatic heterocycles. The molecule has 40 heavy (non-hydrogen) atoms. The number of halogens is 2. The van der Waals surface area contributed by atoms with Gasteiger partial charge in [-0.15, -0.1) is 0 Å². The number of hydrogen-bond donors (Lipinski definition) is 3. The molecule has 3 atom stereocenters. The fraction of sp³-hybridized carbons (Fsp3) is 0.516. The molecule has 9 heteroatoms. The van der Waals surface area contributed by atoms with E-state index in [9.17, 15) is 23.2 Å². The van der Waals surface area contributed by atoms with Gasteiger partial charge in [-0.05, 0) is 80.3 Å². The molecular weight excluding hydrogens is 514 g/mol. The van der Waals surface area contributed by atoms with E-state index in [1.807, 2.05) is 13.8 Å². The van der Waals surface area contributed by atoms with Crippen LogP contribution in [0, 0.1) is 23.5 Å². The molecule has 0 unspecified atom stereocenters. The highest BCUT2D eigenvalue weighted by Crippen LogP contribution is 2.27. The summed E-state index contributed by atoms with van der Waals surface area (Å²) < 4.78 is 27.9. The van der Waals surface area contributed by atoms with Crippen LogP contribution in [0.15, 0.2) is 42.5 Å². The molecule has 4 N–H and O–H groups in total. The van der Waals surface area contributed by atoms with Crippen LogP contribution < -0.4 is 16.4 Å². The zero-order valence-electron chi connectivity index (χ0n) is 23.7. The molecule has 0 radical (unpaired) electrons. The van der Waals surface area contributed by atoms with Crippen molar-refractivity contribution in [2.45, 2.75) is 71.4 Å². The summed E-state index contributed by atoms with van der Waals surface area (Å²) in [5.41, 5.74) is 7.53. The lowest BCUT2D eigenvalue weighted by Gasteiger charge is -2.27. The normalized spacial score (nSPS) is 15.2. The van der Waals surface area contributed by atoms with E-state index in [0.29, 0.717) is 36.7 Å². The summed E-state index contributed by atoms with van der Waals surface area (Å²) in [6.45, 7) is 7.67. The average molecular weight is 557 g/mol. The summed E-state index contributed by atoms with van der Waals surface area (Å²) in [6, 6.07) is 8.29. The second-order valence-electron chi connectivity index (χ2n) is 10.9. The molecule has 7 nitrogen and oxygen atoms in total. The van der Waals surface area contributed by atoms with Gasteiger partial charge in [0, 0.05) is 54.8 Å². The molecule has 1 aliphatic carbocycles. The Hall–Kier alpha value is -3.33. The lowest BCUT2D eigenvalue weighted by Crippen LogP contribution is -2.50. The maximum absolute atomic E-state index is 13.9. The topological polar surface area (TPSA) is 105 Å². The summed E-state index contributed by atoms with van der Waals surface area (Å²) in [5.74, 6) is -2.05. The van der Waals surface area contributed by atoms with Gasteiger partial charge in [0.05, 0.1) is 0 Å². The first-order valence-corrected chi connectivity index (χ1v) is 14.3. The Balaban J connectivity index is 1.77. The van der Waals surface area contributed by atoms with Crippen molar-refractivity contribution < 1.29 is 23.2 Å². The number of nitrogens with two attached hydrogens (primary N) is 1. The Kier molecular flexibility index (Phi) is 11.6. The maximum Gasteiger partial charge on any atom is 0.253 e. The minimum atomic E-state index is -0.726. The van der Waals surface area contributed by atoms with Gasteiger partial charge in [0.1, 0.15) is 11.6 Å². The Morgan fingerprint density at radius 1 is 1.00 bits per heavy atom. The van der Waals surface area contributed by atoms with Gasteiger partial charge in [0.25, 0.3) is 11.8 Å². The minimum absolute atomic E-state index is 0.0669. The molecule has 2 aromatic carbocycles. The van der Waals surface area contributed by atoms with Crippen LogP contribution in [0.2, 0.25) is 0 Å². The predicted molar refractivity (Wildman–Crippen MR) is 152 cm³/mol. The summed E-state index contributed by atoms with van der Waals surface area (Å²) in [4.78, 5) is 40.8. The Labute approximate surface area is 235 Å².